The van der Waals surface area contributed by atoms with Gasteiger partial charge in [-0.25, -0.2) is 13.2 Å². The van der Waals surface area contributed by atoms with Crippen molar-refractivity contribution in [1.82, 2.24) is 9.62 Å². The van der Waals surface area contributed by atoms with Crippen LogP contribution in [0.15, 0.2) is 47.4 Å². The van der Waals surface area contributed by atoms with E-state index in [9.17, 15) is 18.0 Å². The second kappa shape index (κ2) is 9.49. The lowest BCUT2D eigenvalue weighted by molar-refractivity contribution is -0.120. The molecule has 3 N–H and O–H groups in total. The zero-order valence-corrected chi connectivity index (χ0v) is 18.8. The van der Waals surface area contributed by atoms with Crippen LogP contribution in [-0.4, -0.2) is 44.8 Å². The molecule has 166 valence electrons. The van der Waals surface area contributed by atoms with Crippen molar-refractivity contribution in [2.45, 2.75) is 31.6 Å². The summed E-state index contributed by atoms with van der Waals surface area (Å²) in [5.41, 5.74) is 2.98. The Balaban J connectivity index is 1.57. The smallest absolute Gasteiger partial charge is 0.318 e. The van der Waals surface area contributed by atoms with Crippen molar-refractivity contribution in [3.8, 4) is 0 Å². The third-order valence-corrected chi connectivity index (χ3v) is 7.47. The number of rotatable bonds is 5. The quantitative estimate of drug-likeness (QED) is 0.659. The molecule has 0 aliphatic carbocycles. The minimum atomic E-state index is -3.57. The first-order chi connectivity index (χ1) is 14.7. The topological polar surface area (TPSA) is 108 Å². The highest BCUT2D eigenvalue weighted by atomic mass is 32.2. The number of urea groups is 1. The average Bonchev–Trinajstić information content (AvgIpc) is 2.74. The predicted octanol–water partition coefficient (Wildman–Crippen LogP) is 3.09. The van der Waals surface area contributed by atoms with Gasteiger partial charge in [0.05, 0.1) is 4.90 Å². The van der Waals surface area contributed by atoms with Crippen LogP contribution in [0.4, 0.5) is 16.2 Å². The van der Waals surface area contributed by atoms with Crippen LogP contribution in [0.3, 0.4) is 0 Å². The van der Waals surface area contributed by atoms with Gasteiger partial charge in [0.25, 0.3) is 0 Å². The number of amides is 3. The molecule has 1 aliphatic heterocycles. The standard InChI is InChI=1S/C22H28N4O4S/c1-15-4-9-20(16(2)14-15)31(29,30)26-12-10-17(11-13-26)21(27)24-18-5-7-19(8-6-18)25-22(28)23-3/h4-9,14,17H,10-13H2,1-3H3,(H,24,27)(H2,23,25,28). The fourth-order valence-electron chi connectivity index (χ4n) is 3.66. The summed E-state index contributed by atoms with van der Waals surface area (Å²) in [7, 11) is -2.04. The van der Waals surface area contributed by atoms with Crippen LogP contribution in [0.5, 0.6) is 0 Å². The molecule has 3 amide bonds. The normalized spacial score (nSPS) is 15.3. The third kappa shape index (κ3) is 5.42. The Morgan fingerprint density at radius 1 is 0.935 bits per heavy atom. The Bertz CT molecular complexity index is 1060. The summed E-state index contributed by atoms with van der Waals surface area (Å²) in [6.07, 6.45) is 0.929. The maximum atomic E-state index is 13.0. The summed E-state index contributed by atoms with van der Waals surface area (Å²) in [5.74, 6) is -0.384. The molecule has 1 saturated heterocycles. The molecule has 0 atom stereocenters. The van der Waals surface area contributed by atoms with Crippen LogP contribution in [-0.2, 0) is 14.8 Å². The van der Waals surface area contributed by atoms with Gasteiger partial charge >= 0.3 is 6.03 Å². The molecular weight excluding hydrogens is 416 g/mol. The molecule has 1 heterocycles. The molecule has 3 rings (SSSR count). The largest absolute Gasteiger partial charge is 0.341 e. The van der Waals surface area contributed by atoms with E-state index in [2.05, 4.69) is 16.0 Å². The van der Waals surface area contributed by atoms with Gasteiger partial charge in [-0.1, -0.05) is 17.7 Å². The Labute approximate surface area is 183 Å². The average molecular weight is 445 g/mol. The van der Waals surface area contributed by atoms with Gasteiger partial charge in [0.2, 0.25) is 15.9 Å². The number of carbonyl (C=O) groups excluding carboxylic acids is 2. The predicted molar refractivity (Wildman–Crippen MR) is 121 cm³/mol. The summed E-state index contributed by atoms with van der Waals surface area (Å²) in [6.45, 7) is 4.35. The van der Waals surface area contributed by atoms with E-state index in [4.69, 9.17) is 0 Å². The molecule has 31 heavy (non-hydrogen) atoms. The van der Waals surface area contributed by atoms with Gasteiger partial charge in [-0.05, 0) is 62.6 Å². The minimum Gasteiger partial charge on any atom is -0.341 e. The van der Waals surface area contributed by atoms with Crippen LogP contribution in [0.2, 0.25) is 0 Å². The maximum Gasteiger partial charge on any atom is 0.318 e. The zero-order valence-electron chi connectivity index (χ0n) is 17.9. The molecule has 1 aliphatic rings. The highest BCUT2D eigenvalue weighted by molar-refractivity contribution is 7.89. The van der Waals surface area contributed by atoms with Crippen molar-refractivity contribution < 1.29 is 18.0 Å². The lowest BCUT2D eigenvalue weighted by Crippen LogP contribution is -2.41. The molecule has 0 unspecified atom stereocenters. The van der Waals surface area contributed by atoms with Gasteiger partial charge in [0.1, 0.15) is 0 Å². The van der Waals surface area contributed by atoms with E-state index < -0.39 is 10.0 Å². The summed E-state index contributed by atoms with van der Waals surface area (Å²) >= 11 is 0. The Morgan fingerprint density at radius 3 is 2.06 bits per heavy atom. The number of aryl methyl sites for hydroxylation is 2. The van der Waals surface area contributed by atoms with Gasteiger partial charge in [0, 0.05) is 37.4 Å². The fraction of sp³-hybridized carbons (Fsp3) is 0.364. The molecule has 2 aromatic rings. The molecule has 0 saturated carbocycles. The van der Waals surface area contributed by atoms with Crippen molar-refractivity contribution in [2.75, 3.05) is 30.8 Å². The van der Waals surface area contributed by atoms with E-state index in [1.165, 1.54) is 11.4 Å². The third-order valence-electron chi connectivity index (χ3n) is 5.41. The minimum absolute atomic E-state index is 0.129. The number of nitrogens with one attached hydrogen (secondary N) is 3. The first-order valence-corrected chi connectivity index (χ1v) is 11.6. The number of hydrogen-bond donors (Lipinski definition) is 3. The van der Waals surface area contributed by atoms with Crippen molar-refractivity contribution in [1.29, 1.82) is 0 Å². The van der Waals surface area contributed by atoms with E-state index in [1.807, 2.05) is 13.0 Å². The van der Waals surface area contributed by atoms with E-state index >= 15 is 0 Å². The number of piperidine rings is 1. The van der Waals surface area contributed by atoms with Crippen molar-refractivity contribution in [3.05, 3.63) is 53.6 Å². The van der Waals surface area contributed by atoms with Crippen LogP contribution in [0.25, 0.3) is 0 Å². The lowest BCUT2D eigenvalue weighted by Gasteiger charge is -2.31. The van der Waals surface area contributed by atoms with E-state index in [1.54, 1.807) is 43.3 Å². The van der Waals surface area contributed by atoms with E-state index in [0.717, 1.165) is 11.1 Å². The second-order valence-electron chi connectivity index (χ2n) is 7.72. The Morgan fingerprint density at radius 2 is 1.52 bits per heavy atom. The van der Waals surface area contributed by atoms with Crippen LogP contribution in [0.1, 0.15) is 24.0 Å². The molecule has 0 aromatic heterocycles. The zero-order chi connectivity index (χ0) is 22.6. The number of nitrogens with zero attached hydrogens (tertiary/aromatic N) is 1. The molecule has 0 spiro atoms. The molecule has 8 nitrogen and oxygen atoms in total. The Kier molecular flexibility index (Phi) is 6.97. The lowest BCUT2D eigenvalue weighted by atomic mass is 9.97. The van der Waals surface area contributed by atoms with Crippen LogP contribution in [0, 0.1) is 19.8 Å². The number of carbonyl (C=O) groups is 2. The summed E-state index contributed by atoms with van der Waals surface area (Å²) < 4.78 is 27.5. The first-order valence-electron chi connectivity index (χ1n) is 10.2. The van der Waals surface area contributed by atoms with Gasteiger partial charge in [-0.3, -0.25) is 4.79 Å². The SMILES string of the molecule is CNC(=O)Nc1ccc(NC(=O)C2CCN(S(=O)(=O)c3ccc(C)cc3C)CC2)cc1. The van der Waals surface area contributed by atoms with Gasteiger partial charge in [-0.15, -0.1) is 0 Å². The highest BCUT2D eigenvalue weighted by Crippen LogP contribution is 2.27. The number of sulfonamides is 1. The molecule has 2 aromatic carbocycles. The monoisotopic (exact) mass is 444 g/mol. The number of anilines is 2. The molecule has 0 radical (unpaired) electrons. The molecule has 0 bridgehead atoms. The van der Waals surface area contributed by atoms with Crippen molar-refractivity contribution >= 4 is 33.3 Å². The van der Waals surface area contributed by atoms with Crippen molar-refractivity contribution in [2.24, 2.45) is 5.92 Å². The Hall–Kier alpha value is -2.91. The second-order valence-corrected chi connectivity index (χ2v) is 9.62. The first kappa shape index (κ1) is 22.8. The summed E-state index contributed by atoms with van der Waals surface area (Å²) in [4.78, 5) is 24.3. The maximum absolute atomic E-state index is 13.0. The van der Waals surface area contributed by atoms with Gasteiger partial charge in [-0.2, -0.15) is 4.31 Å². The summed E-state index contributed by atoms with van der Waals surface area (Å²) in [5, 5.41) is 7.99. The number of hydrogen-bond acceptors (Lipinski definition) is 4. The van der Waals surface area contributed by atoms with Gasteiger partial charge < -0.3 is 16.0 Å². The molecule has 1 fully saturated rings. The highest BCUT2D eigenvalue weighted by Gasteiger charge is 2.32. The van der Waals surface area contributed by atoms with E-state index in [0.29, 0.717) is 42.2 Å². The van der Waals surface area contributed by atoms with E-state index in [-0.39, 0.29) is 17.9 Å². The van der Waals surface area contributed by atoms with Crippen molar-refractivity contribution in [3.63, 3.8) is 0 Å². The molecule has 9 heteroatoms. The van der Waals surface area contributed by atoms with Gasteiger partial charge in [0.15, 0.2) is 0 Å². The fourth-order valence-corrected chi connectivity index (χ4v) is 5.34. The number of benzene rings is 2. The van der Waals surface area contributed by atoms with Crippen LogP contribution >= 0.6 is 0 Å². The molecular formula is C22H28N4O4S. The summed E-state index contributed by atoms with van der Waals surface area (Å²) in [6, 6.07) is 11.8. The van der Waals surface area contributed by atoms with Crippen LogP contribution < -0.4 is 16.0 Å².